The van der Waals surface area contributed by atoms with Crippen molar-refractivity contribution < 1.29 is 0 Å². The third-order valence-electron chi connectivity index (χ3n) is 3.35. The Bertz CT molecular complexity index is 322. The molecule has 0 aliphatic carbocycles. The van der Waals surface area contributed by atoms with Crippen molar-refractivity contribution in [3.05, 3.63) is 35.4 Å². The zero-order chi connectivity index (χ0) is 10.7. The number of nitrogens with two attached hydrogens (primary N) is 1. The molecule has 0 spiro atoms. The molecule has 0 saturated carbocycles. The summed E-state index contributed by atoms with van der Waals surface area (Å²) in [6, 6.07) is 8.74. The number of likely N-dealkylation sites (tertiary alicyclic amines) is 1. The average Bonchev–Trinajstić information content (AvgIpc) is 2.68. The molecule has 1 fully saturated rings. The Balaban J connectivity index is 2.04. The molecule has 1 atom stereocenters. The molecule has 1 aliphatic heterocycles. The van der Waals surface area contributed by atoms with Crippen molar-refractivity contribution in [1.29, 1.82) is 0 Å². The molecule has 2 heteroatoms. The van der Waals surface area contributed by atoms with Gasteiger partial charge in [0, 0.05) is 19.6 Å². The van der Waals surface area contributed by atoms with Gasteiger partial charge in [-0.2, -0.15) is 0 Å². The van der Waals surface area contributed by atoms with Crippen molar-refractivity contribution in [1.82, 2.24) is 4.90 Å². The zero-order valence-electron chi connectivity index (χ0n) is 9.45. The fraction of sp³-hybridized carbons (Fsp3) is 0.538. The first kappa shape index (κ1) is 10.7. The minimum absolute atomic E-state index is 0.720. The van der Waals surface area contributed by atoms with Crippen LogP contribution in [0.4, 0.5) is 0 Å². The Hall–Kier alpha value is -0.860. The molecule has 0 bridgehead atoms. The summed E-state index contributed by atoms with van der Waals surface area (Å²) < 4.78 is 0. The van der Waals surface area contributed by atoms with Gasteiger partial charge in [-0.15, -0.1) is 0 Å². The molecule has 2 nitrogen and oxygen atoms in total. The van der Waals surface area contributed by atoms with E-state index < -0.39 is 0 Å². The van der Waals surface area contributed by atoms with Gasteiger partial charge in [-0.05, 0) is 36.9 Å². The molecular weight excluding hydrogens is 184 g/mol. The van der Waals surface area contributed by atoms with Crippen molar-refractivity contribution in [3.8, 4) is 0 Å². The van der Waals surface area contributed by atoms with Crippen LogP contribution in [-0.2, 0) is 0 Å². The van der Waals surface area contributed by atoms with E-state index in [2.05, 4.69) is 36.1 Å². The summed E-state index contributed by atoms with van der Waals surface area (Å²) in [5, 5.41) is 0. The van der Waals surface area contributed by atoms with Gasteiger partial charge in [-0.3, -0.25) is 0 Å². The van der Waals surface area contributed by atoms with Gasteiger partial charge in [0.2, 0.25) is 0 Å². The third-order valence-corrected chi connectivity index (χ3v) is 3.35. The third kappa shape index (κ3) is 2.39. The van der Waals surface area contributed by atoms with Gasteiger partial charge in [0.25, 0.3) is 0 Å². The second kappa shape index (κ2) is 4.77. The molecule has 1 saturated heterocycles. The lowest BCUT2D eigenvalue weighted by atomic mass is 9.94. The molecule has 2 N–H and O–H groups in total. The van der Waals surface area contributed by atoms with E-state index in [1.807, 2.05) is 0 Å². The van der Waals surface area contributed by atoms with Crippen LogP contribution in [0.25, 0.3) is 0 Å². The fourth-order valence-corrected chi connectivity index (χ4v) is 2.52. The maximum absolute atomic E-state index is 5.58. The Morgan fingerprint density at radius 1 is 1.40 bits per heavy atom. The van der Waals surface area contributed by atoms with Crippen molar-refractivity contribution in [2.24, 2.45) is 5.73 Å². The summed E-state index contributed by atoms with van der Waals surface area (Å²) >= 11 is 0. The van der Waals surface area contributed by atoms with Crippen LogP contribution in [0.15, 0.2) is 24.3 Å². The van der Waals surface area contributed by atoms with Crippen LogP contribution >= 0.6 is 0 Å². The molecule has 0 radical (unpaired) electrons. The highest BCUT2D eigenvalue weighted by atomic mass is 15.1. The van der Waals surface area contributed by atoms with E-state index in [1.165, 1.54) is 30.6 Å². The van der Waals surface area contributed by atoms with Gasteiger partial charge in [-0.25, -0.2) is 0 Å². The van der Waals surface area contributed by atoms with Crippen LogP contribution < -0.4 is 5.73 Å². The van der Waals surface area contributed by atoms with E-state index in [1.54, 1.807) is 0 Å². The monoisotopic (exact) mass is 204 g/mol. The smallest absolute Gasteiger partial charge is 0.0105 e. The summed E-state index contributed by atoms with van der Waals surface area (Å²) in [6.07, 6.45) is 1.28. The lowest BCUT2D eigenvalue weighted by Gasteiger charge is -2.16. The number of rotatable bonds is 3. The quantitative estimate of drug-likeness (QED) is 0.812. The number of aryl methyl sites for hydroxylation is 1. The van der Waals surface area contributed by atoms with Crippen molar-refractivity contribution in [2.45, 2.75) is 19.3 Å². The molecule has 1 aromatic rings. The molecule has 2 rings (SSSR count). The Kier molecular flexibility index (Phi) is 3.39. The SMILES string of the molecule is Cc1ccccc1[C@@H]1CCN(CCN)C1. The average molecular weight is 204 g/mol. The van der Waals surface area contributed by atoms with E-state index in [-0.39, 0.29) is 0 Å². The van der Waals surface area contributed by atoms with Gasteiger partial charge in [0.15, 0.2) is 0 Å². The summed E-state index contributed by atoms with van der Waals surface area (Å²) in [5.41, 5.74) is 8.53. The summed E-state index contributed by atoms with van der Waals surface area (Å²) in [4.78, 5) is 2.47. The van der Waals surface area contributed by atoms with E-state index in [0.717, 1.165) is 19.0 Å². The van der Waals surface area contributed by atoms with Crippen LogP contribution in [0, 0.1) is 6.92 Å². The predicted molar refractivity (Wildman–Crippen MR) is 64.0 cm³/mol. The summed E-state index contributed by atoms with van der Waals surface area (Å²) in [7, 11) is 0. The minimum atomic E-state index is 0.720. The van der Waals surface area contributed by atoms with Crippen LogP contribution in [-0.4, -0.2) is 31.1 Å². The van der Waals surface area contributed by atoms with Gasteiger partial charge in [0.1, 0.15) is 0 Å². The van der Waals surface area contributed by atoms with Crippen LogP contribution in [0.3, 0.4) is 0 Å². The largest absolute Gasteiger partial charge is 0.329 e. The maximum Gasteiger partial charge on any atom is 0.0105 e. The molecule has 1 aliphatic rings. The highest BCUT2D eigenvalue weighted by Crippen LogP contribution is 2.28. The Labute approximate surface area is 92.1 Å². The Morgan fingerprint density at radius 2 is 2.20 bits per heavy atom. The number of benzene rings is 1. The Morgan fingerprint density at radius 3 is 2.93 bits per heavy atom. The number of hydrogen-bond acceptors (Lipinski definition) is 2. The van der Waals surface area contributed by atoms with Crippen LogP contribution in [0.1, 0.15) is 23.5 Å². The number of nitrogens with zero attached hydrogens (tertiary/aromatic N) is 1. The molecule has 1 aromatic carbocycles. The van der Waals surface area contributed by atoms with E-state index >= 15 is 0 Å². The second-order valence-corrected chi connectivity index (χ2v) is 4.43. The van der Waals surface area contributed by atoms with Crippen molar-refractivity contribution in [2.75, 3.05) is 26.2 Å². The molecule has 15 heavy (non-hydrogen) atoms. The minimum Gasteiger partial charge on any atom is -0.329 e. The zero-order valence-corrected chi connectivity index (χ0v) is 9.45. The maximum atomic E-state index is 5.58. The normalized spacial score (nSPS) is 22.1. The van der Waals surface area contributed by atoms with Gasteiger partial charge < -0.3 is 10.6 Å². The fourth-order valence-electron chi connectivity index (χ4n) is 2.52. The van der Waals surface area contributed by atoms with Crippen LogP contribution in [0.5, 0.6) is 0 Å². The first-order chi connectivity index (χ1) is 7.31. The van der Waals surface area contributed by atoms with Crippen molar-refractivity contribution in [3.63, 3.8) is 0 Å². The lowest BCUT2D eigenvalue weighted by molar-refractivity contribution is 0.344. The van der Waals surface area contributed by atoms with Crippen molar-refractivity contribution >= 4 is 0 Å². The lowest BCUT2D eigenvalue weighted by Crippen LogP contribution is -2.27. The molecule has 1 heterocycles. The molecule has 0 amide bonds. The van der Waals surface area contributed by atoms with Crippen LogP contribution in [0.2, 0.25) is 0 Å². The topological polar surface area (TPSA) is 29.3 Å². The van der Waals surface area contributed by atoms with E-state index in [0.29, 0.717) is 0 Å². The molecular formula is C13H20N2. The first-order valence-electron chi connectivity index (χ1n) is 5.79. The van der Waals surface area contributed by atoms with E-state index in [9.17, 15) is 0 Å². The molecule has 0 aromatic heterocycles. The highest BCUT2D eigenvalue weighted by molar-refractivity contribution is 5.30. The summed E-state index contributed by atoms with van der Waals surface area (Å²) in [5.74, 6) is 0.720. The molecule has 0 unspecified atom stereocenters. The molecule has 82 valence electrons. The van der Waals surface area contributed by atoms with Gasteiger partial charge in [-0.1, -0.05) is 24.3 Å². The summed E-state index contributed by atoms with van der Waals surface area (Å²) in [6.45, 7) is 6.42. The first-order valence-corrected chi connectivity index (χ1v) is 5.79. The number of hydrogen-bond donors (Lipinski definition) is 1. The standard InChI is InChI=1S/C13H20N2/c1-11-4-2-3-5-13(11)12-6-8-15(10-12)9-7-14/h2-5,12H,6-10,14H2,1H3/t12-/m1/s1. The second-order valence-electron chi connectivity index (χ2n) is 4.43. The predicted octanol–water partition coefficient (Wildman–Crippen LogP) is 1.74. The van der Waals surface area contributed by atoms with E-state index in [4.69, 9.17) is 5.73 Å². The van der Waals surface area contributed by atoms with Gasteiger partial charge in [0.05, 0.1) is 0 Å². The van der Waals surface area contributed by atoms with Gasteiger partial charge >= 0.3 is 0 Å². The highest BCUT2D eigenvalue weighted by Gasteiger charge is 2.23.